The zero-order chi connectivity index (χ0) is 21.1. The number of aromatic nitrogens is 1. The highest BCUT2D eigenvalue weighted by molar-refractivity contribution is 7.80. The fourth-order valence-electron chi connectivity index (χ4n) is 3.78. The van der Waals surface area contributed by atoms with Crippen LogP contribution in [-0.4, -0.2) is 26.5 Å². The number of furan rings is 1. The lowest BCUT2D eigenvalue weighted by Crippen LogP contribution is -2.30. The van der Waals surface area contributed by atoms with Crippen LogP contribution in [0.5, 0.6) is 0 Å². The van der Waals surface area contributed by atoms with E-state index in [2.05, 4.69) is 22.1 Å². The van der Waals surface area contributed by atoms with Gasteiger partial charge in [0.25, 0.3) is 5.69 Å². The number of nitrogens with zero attached hydrogens (tertiary/aromatic N) is 3. The Kier molecular flexibility index (Phi) is 5.76. The van der Waals surface area contributed by atoms with Crippen LogP contribution in [0.4, 0.5) is 5.69 Å². The fraction of sp³-hybridized carbons (Fsp3) is 0.273. The van der Waals surface area contributed by atoms with Crippen LogP contribution >= 0.6 is 12.2 Å². The first kappa shape index (κ1) is 20.0. The Labute approximate surface area is 179 Å². The van der Waals surface area contributed by atoms with Crippen LogP contribution in [0.2, 0.25) is 0 Å². The first-order chi connectivity index (χ1) is 14.6. The van der Waals surface area contributed by atoms with Gasteiger partial charge in [-0.3, -0.25) is 15.1 Å². The van der Waals surface area contributed by atoms with Crippen molar-refractivity contribution >= 4 is 23.0 Å². The maximum Gasteiger partial charge on any atom is 0.280 e. The van der Waals surface area contributed by atoms with E-state index in [1.54, 1.807) is 30.5 Å². The fourth-order valence-corrected chi connectivity index (χ4v) is 4.11. The van der Waals surface area contributed by atoms with Gasteiger partial charge in [0.1, 0.15) is 17.6 Å². The van der Waals surface area contributed by atoms with E-state index in [0.29, 0.717) is 22.2 Å². The topological polar surface area (TPSA) is 84.4 Å². The Balaban J connectivity index is 1.74. The Hall–Kier alpha value is -3.26. The highest BCUT2D eigenvalue weighted by atomic mass is 32.1. The van der Waals surface area contributed by atoms with Gasteiger partial charge in [0, 0.05) is 18.8 Å². The summed E-state index contributed by atoms with van der Waals surface area (Å²) in [4.78, 5) is 17.7. The normalized spacial score (nSPS) is 18.4. The zero-order valence-electron chi connectivity index (χ0n) is 16.5. The van der Waals surface area contributed by atoms with Gasteiger partial charge in [0.05, 0.1) is 22.2 Å². The van der Waals surface area contributed by atoms with Crippen molar-refractivity contribution in [2.24, 2.45) is 0 Å². The number of thiocarbonyl (C=S) groups is 1. The number of rotatable bonds is 7. The van der Waals surface area contributed by atoms with Gasteiger partial charge < -0.3 is 14.6 Å². The van der Waals surface area contributed by atoms with Crippen molar-refractivity contribution in [1.29, 1.82) is 0 Å². The molecule has 154 valence electrons. The molecule has 1 aliphatic rings. The Morgan fingerprint density at radius 3 is 2.73 bits per heavy atom. The van der Waals surface area contributed by atoms with Crippen molar-refractivity contribution in [3.05, 3.63) is 82.4 Å². The molecule has 2 aromatic heterocycles. The summed E-state index contributed by atoms with van der Waals surface area (Å²) in [5.74, 6) is 1.16. The molecule has 1 aromatic carbocycles. The number of para-hydroxylation sites is 1. The summed E-state index contributed by atoms with van der Waals surface area (Å²) in [6, 6.07) is 15.7. The van der Waals surface area contributed by atoms with E-state index < -0.39 is 4.92 Å². The molecule has 2 atom stereocenters. The predicted octanol–water partition coefficient (Wildman–Crippen LogP) is 5.02. The molecule has 0 amide bonds. The number of nitro groups is 1. The molecule has 0 radical (unpaired) electrons. The highest BCUT2D eigenvalue weighted by Gasteiger charge is 2.41. The smallest absolute Gasteiger partial charge is 0.280 e. The second-order valence-electron chi connectivity index (χ2n) is 7.15. The number of hydrogen-bond acceptors (Lipinski definition) is 5. The van der Waals surface area contributed by atoms with Gasteiger partial charge in [0.2, 0.25) is 0 Å². The van der Waals surface area contributed by atoms with Gasteiger partial charge in [-0.25, -0.2) is 0 Å². The van der Waals surface area contributed by atoms with Crippen LogP contribution in [0.1, 0.15) is 43.3 Å². The van der Waals surface area contributed by atoms with Gasteiger partial charge in [-0.2, -0.15) is 0 Å². The average Bonchev–Trinajstić information content (AvgIpc) is 3.37. The first-order valence-electron chi connectivity index (χ1n) is 9.91. The van der Waals surface area contributed by atoms with E-state index >= 15 is 0 Å². The molecule has 0 aliphatic carbocycles. The molecule has 1 saturated heterocycles. The number of nitrogens with one attached hydrogen (secondary N) is 1. The zero-order valence-corrected chi connectivity index (χ0v) is 17.3. The average molecular weight is 423 g/mol. The quantitative estimate of drug-likeness (QED) is 0.325. The summed E-state index contributed by atoms with van der Waals surface area (Å²) < 4.78 is 6.18. The van der Waals surface area contributed by atoms with Gasteiger partial charge in [-0.15, -0.1) is 0 Å². The molecular weight excluding hydrogens is 400 g/mol. The molecule has 3 aromatic rings. The molecule has 0 spiro atoms. The third-order valence-corrected chi connectivity index (χ3v) is 5.59. The number of pyridine rings is 1. The van der Waals surface area contributed by atoms with Crippen molar-refractivity contribution in [3.63, 3.8) is 0 Å². The second-order valence-corrected chi connectivity index (χ2v) is 7.54. The van der Waals surface area contributed by atoms with E-state index in [0.717, 1.165) is 25.1 Å². The van der Waals surface area contributed by atoms with Crippen LogP contribution in [0.25, 0.3) is 11.3 Å². The molecule has 3 heterocycles. The minimum absolute atomic E-state index is 0.0163. The van der Waals surface area contributed by atoms with Gasteiger partial charge >= 0.3 is 0 Å². The summed E-state index contributed by atoms with van der Waals surface area (Å²) in [6.07, 6.45) is 3.79. The van der Waals surface area contributed by atoms with Gasteiger partial charge in [-0.05, 0) is 49.0 Å². The van der Waals surface area contributed by atoms with E-state index in [9.17, 15) is 10.1 Å². The minimum Gasteiger partial charge on any atom is -0.459 e. The summed E-state index contributed by atoms with van der Waals surface area (Å²) in [5.41, 5.74) is 1.34. The Morgan fingerprint density at radius 2 is 2.00 bits per heavy atom. The monoisotopic (exact) mass is 422 g/mol. The van der Waals surface area contributed by atoms with Crippen molar-refractivity contribution in [1.82, 2.24) is 15.2 Å². The summed E-state index contributed by atoms with van der Waals surface area (Å²) >= 11 is 5.62. The van der Waals surface area contributed by atoms with Crippen LogP contribution in [0, 0.1) is 10.1 Å². The van der Waals surface area contributed by atoms with Crippen LogP contribution in [0.15, 0.2) is 65.2 Å². The van der Waals surface area contributed by atoms with E-state index in [1.165, 1.54) is 6.07 Å². The van der Waals surface area contributed by atoms with Gasteiger partial charge in [0.15, 0.2) is 5.11 Å². The molecule has 8 heteroatoms. The summed E-state index contributed by atoms with van der Waals surface area (Å²) in [6.45, 7) is 2.93. The highest BCUT2D eigenvalue weighted by Crippen LogP contribution is 2.41. The molecule has 7 nitrogen and oxygen atoms in total. The van der Waals surface area contributed by atoms with E-state index in [1.807, 2.05) is 24.3 Å². The van der Waals surface area contributed by atoms with Gasteiger partial charge in [-0.1, -0.05) is 31.5 Å². The SMILES string of the molecule is CCCCN1C(=S)N[C@@H](c2ccccn2)[C@@H]1c1ccc(-c2ccccc2[N+](=O)[O-])o1. The number of nitro benzene ring substituents is 1. The molecule has 1 N–H and O–H groups in total. The Morgan fingerprint density at radius 1 is 1.20 bits per heavy atom. The third kappa shape index (κ3) is 3.78. The molecular formula is C22H22N4O3S. The van der Waals surface area contributed by atoms with Crippen molar-refractivity contribution < 1.29 is 9.34 Å². The maximum absolute atomic E-state index is 11.4. The van der Waals surface area contributed by atoms with Crippen molar-refractivity contribution in [2.75, 3.05) is 6.54 Å². The molecule has 0 bridgehead atoms. The maximum atomic E-state index is 11.4. The van der Waals surface area contributed by atoms with Crippen LogP contribution in [0.3, 0.4) is 0 Å². The molecule has 1 fully saturated rings. The molecule has 1 aliphatic heterocycles. The summed E-state index contributed by atoms with van der Waals surface area (Å²) in [5, 5.41) is 15.5. The van der Waals surface area contributed by atoms with E-state index in [4.69, 9.17) is 16.6 Å². The predicted molar refractivity (Wildman–Crippen MR) is 118 cm³/mol. The lowest BCUT2D eigenvalue weighted by atomic mass is 10.0. The first-order valence-corrected chi connectivity index (χ1v) is 10.3. The lowest BCUT2D eigenvalue weighted by Gasteiger charge is -2.25. The van der Waals surface area contributed by atoms with E-state index in [-0.39, 0.29) is 17.8 Å². The summed E-state index contributed by atoms with van der Waals surface area (Å²) in [7, 11) is 0. The lowest BCUT2D eigenvalue weighted by molar-refractivity contribution is -0.384. The van der Waals surface area contributed by atoms with Crippen LogP contribution < -0.4 is 5.32 Å². The second kappa shape index (κ2) is 8.62. The molecule has 4 rings (SSSR count). The number of hydrogen-bond donors (Lipinski definition) is 1. The number of benzene rings is 1. The molecule has 0 unspecified atom stereocenters. The van der Waals surface area contributed by atoms with Crippen molar-refractivity contribution in [3.8, 4) is 11.3 Å². The van der Waals surface area contributed by atoms with Crippen molar-refractivity contribution in [2.45, 2.75) is 31.8 Å². The number of unbranched alkanes of at least 4 members (excludes halogenated alkanes) is 1. The third-order valence-electron chi connectivity index (χ3n) is 5.23. The molecule has 0 saturated carbocycles. The standard InChI is InChI=1S/C22H22N4O3S/c1-2-3-14-25-21(20(24-22(25)30)16-9-6-7-13-23-16)19-12-11-18(29-19)15-8-4-5-10-17(15)26(27)28/h4-13,20-21H,2-3,14H2,1H3,(H,24,30)/t20-,21-/m0/s1. The Bertz CT molecular complexity index is 1050. The van der Waals surface area contributed by atoms with Crippen LogP contribution in [-0.2, 0) is 0 Å². The molecule has 30 heavy (non-hydrogen) atoms. The minimum atomic E-state index is -0.395. The largest absolute Gasteiger partial charge is 0.459 e.